The van der Waals surface area contributed by atoms with Crippen LogP contribution in [0.15, 0.2) is 24.3 Å². The van der Waals surface area contributed by atoms with Crippen molar-refractivity contribution in [3.63, 3.8) is 0 Å². The number of nitrogens with one attached hydrogen (secondary N) is 1. The van der Waals surface area contributed by atoms with Crippen molar-refractivity contribution in [2.45, 2.75) is 59.1 Å². The minimum Gasteiger partial charge on any atom is -0.480 e. The van der Waals surface area contributed by atoms with E-state index in [0.29, 0.717) is 5.92 Å². The highest BCUT2D eigenvalue weighted by molar-refractivity contribution is 5.85. The zero-order valence-electron chi connectivity index (χ0n) is 16.9. The van der Waals surface area contributed by atoms with E-state index in [2.05, 4.69) is 19.2 Å². The fourth-order valence-corrected chi connectivity index (χ4v) is 3.40. The molecule has 152 valence electrons. The van der Waals surface area contributed by atoms with Gasteiger partial charge >= 0.3 is 5.97 Å². The van der Waals surface area contributed by atoms with Crippen LogP contribution in [0.5, 0.6) is 0 Å². The van der Waals surface area contributed by atoms with Crippen LogP contribution >= 0.6 is 0 Å². The molecule has 6 heteroatoms. The Morgan fingerprint density at radius 2 is 1.85 bits per heavy atom. The van der Waals surface area contributed by atoms with Crippen molar-refractivity contribution < 1.29 is 23.8 Å². The molecule has 0 aliphatic carbocycles. The standard InChI is InChI=1S/C21H32FNO4/c1-6-13(2)11-14(3)19(27-5)15(4)20(24)23-18(21(25)26)12-16-9-7-8-10-17(16)22/h7-10,13-15,18-19H,6,11-12H2,1-5H3,(H,23,24)(H,25,26). The lowest BCUT2D eigenvalue weighted by Crippen LogP contribution is -2.48. The Morgan fingerprint density at radius 3 is 2.37 bits per heavy atom. The van der Waals surface area contributed by atoms with Gasteiger partial charge in [-0.25, -0.2) is 9.18 Å². The lowest BCUT2D eigenvalue weighted by atomic mass is 9.85. The molecule has 0 aliphatic heterocycles. The molecule has 1 amide bonds. The number of benzene rings is 1. The van der Waals surface area contributed by atoms with E-state index in [9.17, 15) is 19.1 Å². The van der Waals surface area contributed by atoms with Crippen molar-refractivity contribution >= 4 is 11.9 Å². The van der Waals surface area contributed by atoms with Crippen LogP contribution in [0.3, 0.4) is 0 Å². The molecule has 5 nitrogen and oxygen atoms in total. The summed E-state index contributed by atoms with van der Waals surface area (Å²) in [6.45, 7) is 8.05. The summed E-state index contributed by atoms with van der Waals surface area (Å²) in [5, 5.41) is 12.0. The van der Waals surface area contributed by atoms with Crippen molar-refractivity contribution in [1.82, 2.24) is 5.32 Å². The first kappa shape index (κ1) is 23.1. The Hall–Kier alpha value is -1.95. The molecule has 1 rings (SSSR count). The van der Waals surface area contributed by atoms with Gasteiger partial charge in [-0.05, 0) is 29.9 Å². The van der Waals surface area contributed by atoms with Crippen LogP contribution in [0, 0.1) is 23.6 Å². The largest absolute Gasteiger partial charge is 0.480 e. The first-order chi connectivity index (χ1) is 12.7. The number of ether oxygens (including phenoxy) is 1. The number of hydrogen-bond acceptors (Lipinski definition) is 3. The normalized spacial score (nSPS) is 16.8. The predicted octanol–water partition coefficient (Wildman–Crippen LogP) is 3.66. The Labute approximate surface area is 161 Å². The van der Waals surface area contributed by atoms with Gasteiger partial charge in [0.1, 0.15) is 11.9 Å². The number of rotatable bonds is 11. The van der Waals surface area contributed by atoms with Gasteiger partial charge in [-0.3, -0.25) is 4.79 Å². The number of carbonyl (C=O) groups excluding carboxylic acids is 1. The second-order valence-corrected chi connectivity index (χ2v) is 7.41. The highest BCUT2D eigenvalue weighted by Gasteiger charge is 2.32. The molecule has 1 aromatic rings. The lowest BCUT2D eigenvalue weighted by molar-refractivity contribution is -0.143. The summed E-state index contributed by atoms with van der Waals surface area (Å²) in [4.78, 5) is 24.2. The number of aliphatic carboxylic acids is 1. The van der Waals surface area contributed by atoms with E-state index in [1.807, 2.05) is 6.92 Å². The van der Waals surface area contributed by atoms with Crippen molar-refractivity contribution in [1.29, 1.82) is 0 Å². The van der Waals surface area contributed by atoms with E-state index in [1.165, 1.54) is 18.2 Å². The van der Waals surface area contributed by atoms with Gasteiger partial charge in [0.15, 0.2) is 0 Å². The van der Waals surface area contributed by atoms with Crippen LogP contribution in [-0.2, 0) is 20.7 Å². The average molecular weight is 381 g/mol. The molecule has 0 fully saturated rings. The number of methoxy groups -OCH3 is 1. The molecular weight excluding hydrogens is 349 g/mol. The highest BCUT2D eigenvalue weighted by atomic mass is 19.1. The smallest absolute Gasteiger partial charge is 0.326 e. The fraction of sp³-hybridized carbons (Fsp3) is 0.619. The van der Waals surface area contributed by atoms with Crippen molar-refractivity contribution in [2.24, 2.45) is 17.8 Å². The van der Waals surface area contributed by atoms with Gasteiger partial charge in [0, 0.05) is 13.5 Å². The van der Waals surface area contributed by atoms with Gasteiger partial charge in [-0.2, -0.15) is 0 Å². The van der Waals surface area contributed by atoms with Gasteiger partial charge in [0.25, 0.3) is 0 Å². The molecule has 0 heterocycles. The molecule has 0 radical (unpaired) electrons. The van der Waals surface area contributed by atoms with Crippen molar-refractivity contribution in [3.05, 3.63) is 35.6 Å². The molecule has 0 spiro atoms. The van der Waals surface area contributed by atoms with Crippen LogP contribution in [0.4, 0.5) is 4.39 Å². The molecular formula is C21H32FNO4. The van der Waals surface area contributed by atoms with Crippen LogP contribution in [-0.4, -0.2) is 36.2 Å². The maximum absolute atomic E-state index is 13.8. The predicted molar refractivity (Wildman–Crippen MR) is 103 cm³/mol. The number of carboxylic acid groups (broad SMARTS) is 1. The van der Waals surface area contributed by atoms with Gasteiger partial charge in [0.2, 0.25) is 5.91 Å². The molecule has 0 saturated heterocycles. The molecule has 5 atom stereocenters. The summed E-state index contributed by atoms with van der Waals surface area (Å²) >= 11 is 0. The second kappa shape index (κ2) is 11.0. The van der Waals surface area contributed by atoms with Crippen LogP contribution in [0.25, 0.3) is 0 Å². The molecule has 5 unspecified atom stereocenters. The maximum Gasteiger partial charge on any atom is 0.326 e. The quantitative estimate of drug-likeness (QED) is 0.613. The average Bonchev–Trinajstić information content (AvgIpc) is 2.62. The second-order valence-electron chi connectivity index (χ2n) is 7.41. The minimum atomic E-state index is -1.20. The van der Waals surface area contributed by atoms with Gasteiger partial charge in [-0.15, -0.1) is 0 Å². The molecule has 27 heavy (non-hydrogen) atoms. The van der Waals surface area contributed by atoms with Gasteiger partial charge < -0.3 is 15.2 Å². The lowest BCUT2D eigenvalue weighted by Gasteiger charge is -2.30. The summed E-state index contributed by atoms with van der Waals surface area (Å²) in [7, 11) is 1.57. The Morgan fingerprint density at radius 1 is 1.22 bits per heavy atom. The first-order valence-corrected chi connectivity index (χ1v) is 9.50. The fourth-order valence-electron chi connectivity index (χ4n) is 3.40. The van der Waals surface area contributed by atoms with E-state index >= 15 is 0 Å². The Bertz CT molecular complexity index is 622. The maximum atomic E-state index is 13.8. The number of amides is 1. The first-order valence-electron chi connectivity index (χ1n) is 9.50. The van der Waals surface area contributed by atoms with Crippen LogP contribution in [0.1, 0.15) is 46.1 Å². The third-order valence-corrected chi connectivity index (χ3v) is 5.21. The van der Waals surface area contributed by atoms with E-state index in [-0.39, 0.29) is 24.0 Å². The molecule has 0 bridgehead atoms. The SMILES string of the molecule is CCC(C)CC(C)C(OC)C(C)C(=O)NC(Cc1ccccc1F)C(=O)O. The number of carbonyl (C=O) groups is 2. The minimum absolute atomic E-state index is 0.111. The number of halogens is 1. The van der Waals surface area contributed by atoms with E-state index in [0.717, 1.165) is 12.8 Å². The third kappa shape index (κ3) is 6.94. The van der Waals surface area contributed by atoms with Crippen molar-refractivity contribution in [2.75, 3.05) is 7.11 Å². The topological polar surface area (TPSA) is 75.6 Å². The van der Waals surface area contributed by atoms with E-state index in [4.69, 9.17) is 4.74 Å². The van der Waals surface area contributed by atoms with E-state index in [1.54, 1.807) is 20.1 Å². The molecule has 0 aliphatic rings. The Kier molecular flexibility index (Phi) is 9.43. The molecule has 0 saturated carbocycles. The zero-order chi connectivity index (χ0) is 20.6. The molecule has 2 N–H and O–H groups in total. The highest BCUT2D eigenvalue weighted by Crippen LogP contribution is 2.24. The monoisotopic (exact) mass is 381 g/mol. The Balaban J connectivity index is 2.81. The number of hydrogen-bond donors (Lipinski definition) is 2. The van der Waals surface area contributed by atoms with Crippen LogP contribution < -0.4 is 5.32 Å². The molecule has 0 aromatic heterocycles. The summed E-state index contributed by atoms with van der Waals surface area (Å²) in [5.41, 5.74) is 0.256. The summed E-state index contributed by atoms with van der Waals surface area (Å²) in [5.74, 6) is -1.93. The zero-order valence-corrected chi connectivity index (χ0v) is 16.9. The molecule has 1 aromatic carbocycles. The summed E-state index contributed by atoms with van der Waals surface area (Å²) in [6.07, 6.45) is 1.54. The van der Waals surface area contributed by atoms with Gasteiger partial charge in [-0.1, -0.05) is 52.3 Å². The third-order valence-electron chi connectivity index (χ3n) is 5.21. The van der Waals surface area contributed by atoms with Gasteiger partial charge in [0.05, 0.1) is 12.0 Å². The van der Waals surface area contributed by atoms with Crippen molar-refractivity contribution in [3.8, 4) is 0 Å². The van der Waals surface area contributed by atoms with E-state index < -0.39 is 29.7 Å². The van der Waals surface area contributed by atoms with Crippen LogP contribution in [0.2, 0.25) is 0 Å². The summed E-state index contributed by atoms with van der Waals surface area (Å²) in [6, 6.07) is 4.78. The number of carboxylic acids is 1. The summed E-state index contributed by atoms with van der Waals surface area (Å²) < 4.78 is 19.4.